The number of hydrogen-bond acceptors (Lipinski definition) is 2. The zero-order chi connectivity index (χ0) is 16.7. The van der Waals surface area contributed by atoms with Gasteiger partial charge in [-0.2, -0.15) is 0 Å². The first-order chi connectivity index (χ1) is 10.3. The van der Waals surface area contributed by atoms with E-state index >= 15 is 0 Å². The molecule has 0 aromatic heterocycles. The van der Waals surface area contributed by atoms with Crippen LogP contribution in [0.15, 0.2) is 29.3 Å². The predicted octanol–water partition coefficient (Wildman–Crippen LogP) is 2.19. The van der Waals surface area contributed by atoms with Crippen LogP contribution in [0.4, 0.5) is 0 Å². The van der Waals surface area contributed by atoms with Gasteiger partial charge in [-0.05, 0) is 31.0 Å². The van der Waals surface area contributed by atoms with E-state index in [4.69, 9.17) is 0 Å². The molecule has 1 N–H and O–H groups in total. The largest absolute Gasteiger partial charge is 0.350 e. The molecule has 1 aromatic rings. The number of nitrogens with zero attached hydrogens (tertiary/aromatic N) is 3. The number of aliphatic imine (C=N–C) groups is 1. The van der Waals surface area contributed by atoms with E-state index in [9.17, 15) is 4.79 Å². The fourth-order valence-corrected chi connectivity index (χ4v) is 2.06. The molecule has 0 heterocycles. The molecule has 0 saturated heterocycles. The quantitative estimate of drug-likeness (QED) is 0.670. The summed E-state index contributed by atoms with van der Waals surface area (Å²) >= 11 is 0. The van der Waals surface area contributed by atoms with Crippen molar-refractivity contribution in [2.45, 2.75) is 32.9 Å². The Balaban J connectivity index is 2.84. The summed E-state index contributed by atoms with van der Waals surface area (Å²) in [5.41, 5.74) is 1.71. The van der Waals surface area contributed by atoms with E-state index in [0.29, 0.717) is 12.1 Å². The average Bonchev–Trinajstić information content (AvgIpc) is 2.46. The van der Waals surface area contributed by atoms with Crippen LogP contribution in [0.5, 0.6) is 0 Å². The van der Waals surface area contributed by atoms with Gasteiger partial charge in [-0.3, -0.25) is 4.79 Å². The van der Waals surface area contributed by atoms with E-state index < -0.39 is 0 Å². The molecule has 0 saturated carbocycles. The molecule has 1 aromatic carbocycles. The Bertz CT molecular complexity index is 513. The van der Waals surface area contributed by atoms with Crippen molar-refractivity contribution in [3.63, 3.8) is 0 Å². The molecule has 0 bridgehead atoms. The minimum Gasteiger partial charge on any atom is -0.350 e. The molecule has 5 nitrogen and oxygen atoms in total. The molecule has 0 aliphatic carbocycles. The van der Waals surface area contributed by atoms with Gasteiger partial charge in [0.1, 0.15) is 0 Å². The first kappa shape index (κ1) is 18.0. The molecule has 0 aliphatic rings. The highest BCUT2D eigenvalue weighted by atomic mass is 16.1. The molecule has 0 unspecified atom stereocenters. The molecule has 0 radical (unpaired) electrons. The lowest BCUT2D eigenvalue weighted by Crippen LogP contribution is -2.35. The summed E-state index contributed by atoms with van der Waals surface area (Å²) in [4.78, 5) is 20.7. The van der Waals surface area contributed by atoms with Crippen LogP contribution in [0.3, 0.4) is 0 Å². The van der Waals surface area contributed by atoms with E-state index in [1.54, 1.807) is 0 Å². The number of rotatable bonds is 5. The maximum Gasteiger partial charge on any atom is 0.251 e. The third-order valence-electron chi connectivity index (χ3n) is 3.38. The van der Waals surface area contributed by atoms with Crippen LogP contribution in [-0.4, -0.2) is 55.9 Å². The summed E-state index contributed by atoms with van der Waals surface area (Å²) in [6.07, 6.45) is 0.921. The minimum atomic E-state index is -0.0272. The summed E-state index contributed by atoms with van der Waals surface area (Å²) in [5, 5.41) is 2.98. The van der Waals surface area contributed by atoms with E-state index in [0.717, 1.165) is 17.9 Å². The van der Waals surface area contributed by atoms with Crippen molar-refractivity contribution in [3.05, 3.63) is 35.4 Å². The summed E-state index contributed by atoms with van der Waals surface area (Å²) < 4.78 is 0. The fraction of sp³-hybridized carbons (Fsp3) is 0.529. The Morgan fingerprint density at radius 3 is 2.41 bits per heavy atom. The van der Waals surface area contributed by atoms with Gasteiger partial charge in [-0.25, -0.2) is 4.99 Å². The lowest BCUT2D eigenvalue weighted by atomic mass is 10.1. The zero-order valence-corrected chi connectivity index (χ0v) is 14.6. The Morgan fingerprint density at radius 1 is 1.23 bits per heavy atom. The van der Waals surface area contributed by atoms with Gasteiger partial charge in [-0.15, -0.1) is 0 Å². The molecule has 0 fully saturated rings. The first-order valence-corrected chi connectivity index (χ1v) is 7.64. The van der Waals surface area contributed by atoms with Gasteiger partial charge in [0.2, 0.25) is 0 Å². The Kier molecular flexibility index (Phi) is 6.89. The van der Waals surface area contributed by atoms with Crippen molar-refractivity contribution < 1.29 is 4.79 Å². The topological polar surface area (TPSA) is 47.9 Å². The lowest BCUT2D eigenvalue weighted by molar-refractivity contribution is 0.0939. The Hall–Kier alpha value is -2.04. The Morgan fingerprint density at radius 2 is 1.86 bits per heavy atom. The third-order valence-corrected chi connectivity index (χ3v) is 3.38. The van der Waals surface area contributed by atoms with Crippen molar-refractivity contribution in [3.8, 4) is 0 Å². The van der Waals surface area contributed by atoms with E-state index in [1.807, 2.05) is 69.2 Å². The van der Waals surface area contributed by atoms with Gasteiger partial charge in [0.05, 0.1) is 6.54 Å². The second-order valence-corrected chi connectivity index (χ2v) is 5.89. The van der Waals surface area contributed by atoms with Crippen LogP contribution in [0.2, 0.25) is 0 Å². The molecule has 1 atom stereocenters. The van der Waals surface area contributed by atoms with Crippen LogP contribution in [0, 0.1) is 0 Å². The van der Waals surface area contributed by atoms with Gasteiger partial charge < -0.3 is 15.1 Å². The monoisotopic (exact) mass is 304 g/mol. The molecule has 0 aliphatic heterocycles. The number of carbonyl (C=O) groups excluding carboxylic acids is 1. The smallest absolute Gasteiger partial charge is 0.251 e. The van der Waals surface area contributed by atoms with Crippen LogP contribution in [-0.2, 0) is 6.54 Å². The standard InChI is InChI=1S/C17H28N4O/c1-7-13(2)19-16(22)15-10-8-9-14(11-15)12-18-17(20(3)4)21(5)6/h8-11,13H,7,12H2,1-6H3,(H,19,22)/t13-/m1/s1. The SMILES string of the molecule is CC[C@@H](C)NC(=O)c1cccc(CN=C(N(C)C)N(C)C)c1. The summed E-state index contributed by atoms with van der Waals surface area (Å²) in [7, 11) is 7.87. The second-order valence-electron chi connectivity index (χ2n) is 5.89. The van der Waals surface area contributed by atoms with Gasteiger partial charge in [0.25, 0.3) is 5.91 Å². The molecule has 22 heavy (non-hydrogen) atoms. The zero-order valence-electron chi connectivity index (χ0n) is 14.6. The number of carbonyl (C=O) groups is 1. The van der Waals surface area contributed by atoms with E-state index in [2.05, 4.69) is 17.2 Å². The average molecular weight is 304 g/mol. The number of amides is 1. The number of guanidine groups is 1. The highest BCUT2D eigenvalue weighted by Gasteiger charge is 2.09. The number of benzene rings is 1. The van der Waals surface area contributed by atoms with Gasteiger partial charge in [-0.1, -0.05) is 19.1 Å². The summed E-state index contributed by atoms with van der Waals surface area (Å²) in [5.74, 6) is 0.870. The highest BCUT2D eigenvalue weighted by Crippen LogP contribution is 2.08. The predicted molar refractivity (Wildman–Crippen MR) is 92.2 cm³/mol. The fourth-order valence-electron chi connectivity index (χ4n) is 2.06. The number of hydrogen-bond donors (Lipinski definition) is 1. The second kappa shape index (κ2) is 8.41. The lowest BCUT2D eigenvalue weighted by Gasteiger charge is -2.22. The van der Waals surface area contributed by atoms with Gasteiger partial charge in [0.15, 0.2) is 5.96 Å². The molecule has 1 rings (SSSR count). The summed E-state index contributed by atoms with van der Waals surface area (Å²) in [6.45, 7) is 4.61. The van der Waals surface area contributed by atoms with Crippen molar-refractivity contribution in [2.24, 2.45) is 4.99 Å². The molecular weight excluding hydrogens is 276 g/mol. The maximum absolute atomic E-state index is 12.2. The molecule has 1 amide bonds. The number of nitrogens with one attached hydrogen (secondary N) is 1. The van der Waals surface area contributed by atoms with Crippen molar-refractivity contribution in [1.29, 1.82) is 0 Å². The molecule has 0 spiro atoms. The van der Waals surface area contributed by atoms with Crippen molar-refractivity contribution in [2.75, 3.05) is 28.2 Å². The third kappa shape index (κ3) is 5.39. The van der Waals surface area contributed by atoms with E-state index in [-0.39, 0.29) is 11.9 Å². The molecule has 5 heteroatoms. The highest BCUT2D eigenvalue weighted by molar-refractivity contribution is 5.94. The maximum atomic E-state index is 12.2. The van der Waals surface area contributed by atoms with Gasteiger partial charge in [0, 0.05) is 39.8 Å². The van der Waals surface area contributed by atoms with Crippen molar-refractivity contribution in [1.82, 2.24) is 15.1 Å². The van der Waals surface area contributed by atoms with Crippen LogP contribution in [0.1, 0.15) is 36.2 Å². The van der Waals surface area contributed by atoms with Crippen LogP contribution < -0.4 is 5.32 Å². The van der Waals surface area contributed by atoms with Crippen LogP contribution in [0.25, 0.3) is 0 Å². The Labute approximate surface area is 134 Å². The summed E-state index contributed by atoms with van der Waals surface area (Å²) in [6, 6.07) is 7.82. The molecule has 122 valence electrons. The first-order valence-electron chi connectivity index (χ1n) is 7.64. The minimum absolute atomic E-state index is 0.0272. The normalized spacial score (nSPS) is 11.5. The van der Waals surface area contributed by atoms with Crippen molar-refractivity contribution >= 4 is 11.9 Å². The van der Waals surface area contributed by atoms with Crippen LogP contribution >= 0.6 is 0 Å². The van der Waals surface area contributed by atoms with Gasteiger partial charge >= 0.3 is 0 Å². The molecular formula is C17H28N4O. The van der Waals surface area contributed by atoms with E-state index in [1.165, 1.54) is 0 Å².